The summed E-state index contributed by atoms with van der Waals surface area (Å²) < 4.78 is 11.0. The maximum atomic E-state index is 11.0. The van der Waals surface area contributed by atoms with Crippen LogP contribution in [0.2, 0.25) is 0 Å². The molecule has 2 aromatic carbocycles. The Kier molecular flexibility index (Phi) is 3.62. The Morgan fingerprint density at radius 2 is 1.95 bits per heavy atom. The van der Waals surface area contributed by atoms with E-state index in [1.54, 1.807) is 12.1 Å². The molecule has 0 aliphatic rings. The molecule has 1 heterocycles. The van der Waals surface area contributed by atoms with Crippen molar-refractivity contribution >= 4 is 23.2 Å². The van der Waals surface area contributed by atoms with Crippen molar-refractivity contribution in [1.29, 1.82) is 0 Å². The molecule has 1 aromatic heterocycles. The van der Waals surface area contributed by atoms with Crippen molar-refractivity contribution in [1.82, 2.24) is 0 Å². The summed E-state index contributed by atoms with van der Waals surface area (Å²) in [7, 11) is 0. The molecular weight excluding hydrogens is 284 g/mol. The number of hydrogen-bond acceptors (Lipinski definition) is 4. The summed E-state index contributed by atoms with van der Waals surface area (Å²) in [5, 5.41) is 9.50. The molecule has 0 atom stereocenters. The molecule has 0 radical (unpaired) electrons. The predicted octanol–water partition coefficient (Wildman–Crippen LogP) is 3.52. The van der Waals surface area contributed by atoms with Crippen LogP contribution in [-0.2, 0) is 6.61 Å². The zero-order chi connectivity index (χ0) is 15.5. The number of fused-ring (bicyclic) bond motifs is 1. The Labute approximate surface area is 125 Å². The number of aromatic carboxylic acids is 1. The lowest BCUT2D eigenvalue weighted by Gasteiger charge is -2.07. The van der Waals surface area contributed by atoms with E-state index in [4.69, 9.17) is 14.3 Å². The smallest absolute Gasteiger partial charge is 0.371 e. The minimum absolute atomic E-state index is 0.220. The lowest BCUT2D eigenvalue weighted by Crippen LogP contribution is -1.96. The fourth-order valence-electron chi connectivity index (χ4n) is 2.18. The average Bonchev–Trinajstić information content (AvgIpc) is 2.99. The number of carbonyl (C=O) groups excluding carboxylic acids is 1. The quantitative estimate of drug-likeness (QED) is 0.729. The van der Waals surface area contributed by atoms with Gasteiger partial charge in [0.25, 0.3) is 0 Å². The van der Waals surface area contributed by atoms with Gasteiger partial charge in [-0.25, -0.2) is 4.79 Å². The molecule has 0 bridgehead atoms. The molecule has 0 amide bonds. The fourth-order valence-corrected chi connectivity index (χ4v) is 2.18. The van der Waals surface area contributed by atoms with Gasteiger partial charge in [-0.1, -0.05) is 30.3 Å². The highest BCUT2D eigenvalue weighted by atomic mass is 16.5. The normalized spacial score (nSPS) is 10.5. The molecule has 110 valence electrons. The number of benzene rings is 2. The minimum Gasteiger partial charge on any atom is -0.488 e. The summed E-state index contributed by atoms with van der Waals surface area (Å²) in [4.78, 5) is 22.1. The van der Waals surface area contributed by atoms with Crippen LogP contribution in [0.4, 0.5) is 0 Å². The van der Waals surface area contributed by atoms with Crippen LogP contribution in [0.5, 0.6) is 5.75 Å². The molecule has 3 aromatic rings. The third kappa shape index (κ3) is 2.56. The molecular formula is C17H12O5. The van der Waals surface area contributed by atoms with Crippen LogP contribution < -0.4 is 4.74 Å². The molecule has 22 heavy (non-hydrogen) atoms. The number of aldehydes is 1. The highest BCUT2D eigenvalue weighted by Crippen LogP contribution is 2.31. The van der Waals surface area contributed by atoms with Gasteiger partial charge in [0.2, 0.25) is 5.76 Å². The molecule has 0 aliphatic heterocycles. The summed E-state index contributed by atoms with van der Waals surface area (Å²) in [6, 6.07) is 14.1. The largest absolute Gasteiger partial charge is 0.488 e. The third-order valence-corrected chi connectivity index (χ3v) is 3.25. The molecule has 5 nitrogen and oxygen atoms in total. The van der Waals surface area contributed by atoms with E-state index >= 15 is 0 Å². The minimum atomic E-state index is -1.19. The first-order valence-corrected chi connectivity index (χ1v) is 6.61. The van der Waals surface area contributed by atoms with E-state index in [1.807, 2.05) is 30.3 Å². The summed E-state index contributed by atoms with van der Waals surface area (Å²) in [6.07, 6.45) is 0.623. The Morgan fingerprint density at radius 3 is 2.64 bits per heavy atom. The van der Waals surface area contributed by atoms with E-state index in [-0.39, 0.29) is 16.9 Å². The van der Waals surface area contributed by atoms with Crippen molar-refractivity contribution < 1.29 is 23.8 Å². The van der Waals surface area contributed by atoms with Crippen molar-refractivity contribution in [3.63, 3.8) is 0 Å². The Bertz CT molecular complexity index is 833. The second-order valence-corrected chi connectivity index (χ2v) is 4.70. The van der Waals surface area contributed by atoms with Gasteiger partial charge >= 0.3 is 5.97 Å². The molecule has 0 unspecified atom stereocenters. The van der Waals surface area contributed by atoms with Crippen molar-refractivity contribution in [3.05, 3.63) is 65.4 Å². The van der Waals surface area contributed by atoms with E-state index in [2.05, 4.69) is 0 Å². The van der Waals surface area contributed by atoms with Crippen LogP contribution in [0, 0.1) is 0 Å². The van der Waals surface area contributed by atoms with Crippen LogP contribution in [0.3, 0.4) is 0 Å². The molecule has 0 spiro atoms. The van der Waals surface area contributed by atoms with Gasteiger partial charge in [0.1, 0.15) is 17.9 Å². The number of carboxylic acids is 1. The van der Waals surface area contributed by atoms with Crippen molar-refractivity contribution in [2.75, 3.05) is 0 Å². The van der Waals surface area contributed by atoms with Crippen molar-refractivity contribution in [3.8, 4) is 5.75 Å². The summed E-state index contributed by atoms with van der Waals surface area (Å²) >= 11 is 0. The highest BCUT2D eigenvalue weighted by Gasteiger charge is 2.16. The molecule has 3 rings (SSSR count). The monoisotopic (exact) mass is 296 g/mol. The molecule has 0 saturated heterocycles. The van der Waals surface area contributed by atoms with E-state index in [9.17, 15) is 9.59 Å². The standard InChI is InChI=1S/C17H12O5/c18-9-12-6-7-14(21-10-11-4-2-1-3-5-11)13-8-15(17(19)20)22-16(12)13/h1-9H,10H2,(H,19,20). The van der Waals surface area contributed by atoms with Crippen LogP contribution in [-0.4, -0.2) is 17.4 Å². The maximum Gasteiger partial charge on any atom is 0.371 e. The van der Waals surface area contributed by atoms with Crippen molar-refractivity contribution in [2.24, 2.45) is 0 Å². The summed E-state index contributed by atoms with van der Waals surface area (Å²) in [6.45, 7) is 0.337. The van der Waals surface area contributed by atoms with Crippen LogP contribution in [0.25, 0.3) is 11.0 Å². The first-order chi connectivity index (χ1) is 10.7. The van der Waals surface area contributed by atoms with E-state index in [1.165, 1.54) is 6.07 Å². The van der Waals surface area contributed by atoms with Crippen LogP contribution in [0.15, 0.2) is 52.9 Å². The number of carboxylic acid groups (broad SMARTS) is 1. The van der Waals surface area contributed by atoms with Gasteiger partial charge < -0.3 is 14.3 Å². The summed E-state index contributed by atoms with van der Waals surface area (Å²) in [5.74, 6) is -0.948. The van der Waals surface area contributed by atoms with Crippen LogP contribution >= 0.6 is 0 Å². The molecule has 0 saturated carbocycles. The average molecular weight is 296 g/mol. The number of furan rings is 1. The van der Waals surface area contributed by atoms with Gasteiger partial charge in [-0.15, -0.1) is 0 Å². The lowest BCUT2D eigenvalue weighted by atomic mass is 10.1. The second-order valence-electron chi connectivity index (χ2n) is 4.70. The highest BCUT2D eigenvalue weighted by molar-refractivity contribution is 6.01. The van der Waals surface area contributed by atoms with E-state index < -0.39 is 5.97 Å². The first-order valence-electron chi connectivity index (χ1n) is 6.61. The van der Waals surface area contributed by atoms with Gasteiger partial charge in [-0.3, -0.25) is 4.79 Å². The molecule has 1 N–H and O–H groups in total. The van der Waals surface area contributed by atoms with E-state index in [0.29, 0.717) is 24.0 Å². The topological polar surface area (TPSA) is 76.7 Å². The Balaban J connectivity index is 1.99. The number of rotatable bonds is 5. The number of ether oxygens (including phenoxy) is 1. The molecule has 0 fully saturated rings. The lowest BCUT2D eigenvalue weighted by molar-refractivity contribution is 0.0664. The van der Waals surface area contributed by atoms with Gasteiger partial charge in [0, 0.05) is 6.07 Å². The summed E-state index contributed by atoms with van der Waals surface area (Å²) in [5.41, 5.74) is 1.49. The maximum absolute atomic E-state index is 11.0. The third-order valence-electron chi connectivity index (χ3n) is 3.25. The second kappa shape index (κ2) is 5.73. The van der Waals surface area contributed by atoms with Crippen molar-refractivity contribution in [2.45, 2.75) is 6.61 Å². The van der Waals surface area contributed by atoms with Crippen LogP contribution in [0.1, 0.15) is 26.5 Å². The number of hydrogen-bond donors (Lipinski definition) is 1. The zero-order valence-corrected chi connectivity index (χ0v) is 11.5. The Morgan fingerprint density at radius 1 is 1.18 bits per heavy atom. The first kappa shape index (κ1) is 13.9. The zero-order valence-electron chi connectivity index (χ0n) is 11.5. The number of carbonyl (C=O) groups is 2. The van der Waals surface area contributed by atoms with E-state index in [0.717, 1.165) is 5.56 Å². The molecule has 5 heteroatoms. The Hall–Kier alpha value is -3.08. The predicted molar refractivity (Wildman–Crippen MR) is 79.3 cm³/mol. The van der Waals surface area contributed by atoms with Gasteiger partial charge in [0.15, 0.2) is 6.29 Å². The van der Waals surface area contributed by atoms with Gasteiger partial charge in [0.05, 0.1) is 10.9 Å². The molecule has 0 aliphatic carbocycles. The fraction of sp³-hybridized carbons (Fsp3) is 0.0588. The van der Waals surface area contributed by atoms with Gasteiger partial charge in [-0.05, 0) is 17.7 Å². The van der Waals surface area contributed by atoms with Gasteiger partial charge in [-0.2, -0.15) is 0 Å². The SMILES string of the molecule is O=Cc1ccc(OCc2ccccc2)c2cc(C(=O)O)oc12.